The van der Waals surface area contributed by atoms with Crippen LogP contribution in [0.4, 0.5) is 0 Å². The van der Waals surface area contributed by atoms with Gasteiger partial charge in [0.15, 0.2) is 0 Å². The highest BCUT2D eigenvalue weighted by atomic mass is 32.2. The maximum atomic E-state index is 5.77. The first kappa shape index (κ1) is 17.0. The lowest BCUT2D eigenvalue weighted by Gasteiger charge is -2.17. The summed E-state index contributed by atoms with van der Waals surface area (Å²) >= 11 is 1.90. The number of rotatable bonds is 10. The summed E-state index contributed by atoms with van der Waals surface area (Å²) in [5.74, 6) is 4.62. The molecule has 0 aliphatic heterocycles. The van der Waals surface area contributed by atoms with Crippen LogP contribution in [0.5, 0.6) is 17.2 Å². The number of hydrogen-bond acceptors (Lipinski definition) is 4. The van der Waals surface area contributed by atoms with Crippen LogP contribution < -0.4 is 14.2 Å². The minimum Gasteiger partial charge on any atom is -0.494 e. The second kappa shape index (κ2) is 9.81. The molecule has 4 heteroatoms. The molecule has 0 amide bonds. The Kier molecular flexibility index (Phi) is 8.35. The van der Waals surface area contributed by atoms with Crippen molar-refractivity contribution < 1.29 is 14.2 Å². The monoisotopic (exact) mass is 298 g/mol. The van der Waals surface area contributed by atoms with E-state index in [1.807, 2.05) is 44.7 Å². The predicted molar refractivity (Wildman–Crippen MR) is 86.4 cm³/mol. The van der Waals surface area contributed by atoms with Crippen molar-refractivity contribution >= 4 is 11.8 Å². The van der Waals surface area contributed by atoms with Gasteiger partial charge in [0.1, 0.15) is 17.2 Å². The van der Waals surface area contributed by atoms with Gasteiger partial charge < -0.3 is 14.2 Å². The molecule has 1 rings (SSSR count). The van der Waals surface area contributed by atoms with E-state index in [-0.39, 0.29) is 0 Å². The van der Waals surface area contributed by atoms with Crippen LogP contribution in [-0.2, 0) is 5.75 Å². The Morgan fingerprint density at radius 2 is 1.40 bits per heavy atom. The van der Waals surface area contributed by atoms with Gasteiger partial charge in [0.2, 0.25) is 0 Å². The molecule has 0 atom stereocenters. The maximum Gasteiger partial charge on any atom is 0.130 e. The molecule has 1 aromatic rings. The van der Waals surface area contributed by atoms with Crippen molar-refractivity contribution in [3.63, 3.8) is 0 Å². The van der Waals surface area contributed by atoms with E-state index in [1.54, 1.807) is 0 Å². The number of benzene rings is 1. The lowest BCUT2D eigenvalue weighted by atomic mass is 10.2. The molecule has 20 heavy (non-hydrogen) atoms. The zero-order valence-electron chi connectivity index (χ0n) is 13.0. The normalized spacial score (nSPS) is 10.4. The Hall–Kier alpha value is -1.03. The first-order valence-electron chi connectivity index (χ1n) is 7.39. The quantitative estimate of drug-likeness (QED) is 0.593. The average Bonchev–Trinajstić information content (AvgIpc) is 2.43. The third-order valence-electron chi connectivity index (χ3n) is 2.65. The smallest absolute Gasteiger partial charge is 0.130 e. The Labute approximate surface area is 127 Å². The van der Waals surface area contributed by atoms with E-state index in [1.165, 1.54) is 6.42 Å². The molecule has 3 nitrogen and oxygen atoms in total. The molecule has 0 saturated heterocycles. The molecule has 0 aromatic heterocycles. The van der Waals surface area contributed by atoms with Gasteiger partial charge in [-0.2, -0.15) is 11.8 Å². The lowest BCUT2D eigenvalue weighted by Crippen LogP contribution is -2.03. The van der Waals surface area contributed by atoms with Crippen LogP contribution in [0, 0.1) is 0 Å². The highest BCUT2D eigenvalue weighted by molar-refractivity contribution is 7.98. The summed E-state index contributed by atoms with van der Waals surface area (Å²) in [6.07, 6.45) is 1.18. The Bertz CT molecular complexity index is 366. The molecule has 0 spiro atoms. The van der Waals surface area contributed by atoms with Gasteiger partial charge in [0.25, 0.3) is 0 Å². The second-order valence-electron chi connectivity index (χ2n) is 4.25. The molecule has 0 heterocycles. The van der Waals surface area contributed by atoms with Crippen LogP contribution in [0.25, 0.3) is 0 Å². The fraction of sp³-hybridized carbons (Fsp3) is 0.625. The molecule has 0 radical (unpaired) electrons. The molecule has 0 bridgehead atoms. The van der Waals surface area contributed by atoms with E-state index >= 15 is 0 Å². The minimum atomic E-state index is 0.640. The molecule has 0 N–H and O–H groups in total. The van der Waals surface area contributed by atoms with Gasteiger partial charge in [-0.3, -0.25) is 0 Å². The maximum absolute atomic E-state index is 5.77. The van der Waals surface area contributed by atoms with E-state index in [2.05, 4.69) is 6.92 Å². The molecule has 0 aliphatic rings. The van der Waals surface area contributed by atoms with Gasteiger partial charge in [-0.1, -0.05) is 6.92 Å². The largest absolute Gasteiger partial charge is 0.494 e. The molecular weight excluding hydrogens is 272 g/mol. The van der Waals surface area contributed by atoms with Crippen molar-refractivity contribution in [3.8, 4) is 17.2 Å². The van der Waals surface area contributed by atoms with Crippen LogP contribution in [0.1, 0.15) is 39.7 Å². The minimum absolute atomic E-state index is 0.640. The summed E-state index contributed by atoms with van der Waals surface area (Å²) in [6, 6.07) is 3.94. The Morgan fingerprint density at radius 1 is 0.850 bits per heavy atom. The van der Waals surface area contributed by atoms with E-state index in [9.17, 15) is 0 Å². The zero-order valence-corrected chi connectivity index (χ0v) is 13.8. The fourth-order valence-electron chi connectivity index (χ4n) is 1.88. The van der Waals surface area contributed by atoms with Gasteiger partial charge in [0, 0.05) is 23.4 Å². The van der Waals surface area contributed by atoms with Gasteiger partial charge in [0.05, 0.1) is 19.8 Å². The number of thioether (sulfide) groups is 1. The van der Waals surface area contributed by atoms with Crippen LogP contribution in [0.15, 0.2) is 12.1 Å². The zero-order chi connectivity index (χ0) is 14.8. The molecule has 0 fully saturated rings. The van der Waals surface area contributed by atoms with Crippen molar-refractivity contribution in [3.05, 3.63) is 17.7 Å². The number of ether oxygens (including phenoxy) is 3. The predicted octanol–water partition coefficient (Wildman–Crippen LogP) is 4.53. The van der Waals surface area contributed by atoms with Gasteiger partial charge in [-0.15, -0.1) is 0 Å². The molecule has 0 unspecified atom stereocenters. The van der Waals surface area contributed by atoms with E-state index in [0.29, 0.717) is 19.8 Å². The lowest BCUT2D eigenvalue weighted by molar-refractivity contribution is 0.303. The summed E-state index contributed by atoms with van der Waals surface area (Å²) < 4.78 is 17.1. The van der Waals surface area contributed by atoms with E-state index < -0.39 is 0 Å². The van der Waals surface area contributed by atoms with Crippen LogP contribution >= 0.6 is 11.8 Å². The molecule has 1 aromatic carbocycles. The summed E-state index contributed by atoms with van der Waals surface area (Å²) in [4.78, 5) is 0. The van der Waals surface area contributed by atoms with Crippen LogP contribution in [-0.4, -0.2) is 25.6 Å². The van der Waals surface area contributed by atoms with Crippen molar-refractivity contribution in [2.45, 2.75) is 39.9 Å². The Balaban J connectivity index is 3.05. The van der Waals surface area contributed by atoms with Crippen molar-refractivity contribution in [1.82, 2.24) is 0 Å². The molecule has 0 aliphatic carbocycles. The van der Waals surface area contributed by atoms with Gasteiger partial charge >= 0.3 is 0 Å². The highest BCUT2D eigenvalue weighted by Crippen LogP contribution is 2.37. The average molecular weight is 298 g/mol. The summed E-state index contributed by atoms with van der Waals surface area (Å²) in [5, 5.41) is 0. The molecule has 0 saturated carbocycles. The summed E-state index contributed by atoms with van der Waals surface area (Å²) in [7, 11) is 0. The number of hydrogen-bond donors (Lipinski definition) is 0. The van der Waals surface area contributed by atoms with Gasteiger partial charge in [-0.05, 0) is 32.9 Å². The first-order valence-corrected chi connectivity index (χ1v) is 8.55. The fourth-order valence-corrected chi connectivity index (χ4v) is 2.80. The van der Waals surface area contributed by atoms with Crippen molar-refractivity contribution in [1.29, 1.82) is 0 Å². The first-order chi connectivity index (χ1) is 9.76. The van der Waals surface area contributed by atoms with Crippen LogP contribution in [0.3, 0.4) is 0 Å². The van der Waals surface area contributed by atoms with Crippen molar-refractivity contribution in [2.24, 2.45) is 0 Å². The van der Waals surface area contributed by atoms with Gasteiger partial charge in [-0.25, -0.2) is 0 Å². The topological polar surface area (TPSA) is 27.7 Å². The molecule has 114 valence electrons. The standard InChI is InChI=1S/C16H26O3S/c1-5-9-20-12-14-15(18-7-3)10-13(17-6-2)11-16(14)19-8-4/h10-11H,5-9,12H2,1-4H3. The Morgan fingerprint density at radius 3 is 1.85 bits per heavy atom. The summed E-state index contributed by atoms with van der Waals surface area (Å²) in [6.45, 7) is 10.1. The van der Waals surface area contributed by atoms with E-state index in [0.717, 1.165) is 34.3 Å². The molecular formula is C16H26O3S. The third-order valence-corrected chi connectivity index (χ3v) is 3.84. The van der Waals surface area contributed by atoms with Crippen molar-refractivity contribution in [2.75, 3.05) is 25.6 Å². The summed E-state index contributed by atoms with van der Waals surface area (Å²) in [5.41, 5.74) is 1.13. The van der Waals surface area contributed by atoms with E-state index in [4.69, 9.17) is 14.2 Å². The van der Waals surface area contributed by atoms with Crippen LogP contribution in [0.2, 0.25) is 0 Å². The highest BCUT2D eigenvalue weighted by Gasteiger charge is 2.14. The second-order valence-corrected chi connectivity index (χ2v) is 5.35. The SMILES string of the molecule is CCCSCc1c(OCC)cc(OCC)cc1OCC. The third kappa shape index (κ3) is 5.16.